The van der Waals surface area contributed by atoms with Gasteiger partial charge in [0.1, 0.15) is 17.1 Å². The van der Waals surface area contributed by atoms with Crippen molar-refractivity contribution < 1.29 is 14.3 Å². The largest absolute Gasteiger partial charge is 0.461 e. The molecule has 0 aliphatic rings. The molecule has 0 unspecified atom stereocenters. The van der Waals surface area contributed by atoms with Crippen LogP contribution in [-0.2, 0) is 4.74 Å². The number of hydrogen-bond donors (Lipinski definition) is 0. The Balaban J connectivity index is 1.64. The molecule has 0 aliphatic carbocycles. The van der Waals surface area contributed by atoms with E-state index in [4.69, 9.17) is 9.47 Å². The van der Waals surface area contributed by atoms with E-state index in [1.54, 1.807) is 42.0 Å². The highest BCUT2D eigenvalue weighted by Gasteiger charge is 2.13. The van der Waals surface area contributed by atoms with Gasteiger partial charge in [-0.3, -0.25) is 9.38 Å². The molecule has 0 aliphatic heterocycles. The molecule has 4 aromatic rings. The molecule has 3 heterocycles. The van der Waals surface area contributed by atoms with Crippen molar-refractivity contribution >= 4 is 22.4 Å². The molecule has 0 saturated heterocycles. The molecule has 0 fully saturated rings. The number of esters is 1. The number of aromatic nitrogens is 3. The summed E-state index contributed by atoms with van der Waals surface area (Å²) in [6.45, 7) is 2.09. The number of rotatable bonds is 4. The Morgan fingerprint density at radius 1 is 1.08 bits per heavy atom. The zero-order valence-electron chi connectivity index (χ0n) is 13.5. The zero-order chi connectivity index (χ0) is 17.2. The third kappa shape index (κ3) is 2.89. The lowest BCUT2D eigenvalue weighted by molar-refractivity contribution is 0.0518. The number of pyridine rings is 2. The van der Waals surface area contributed by atoms with Gasteiger partial charge in [-0.1, -0.05) is 6.07 Å². The maximum absolute atomic E-state index is 11.9. The number of imidazole rings is 1. The van der Waals surface area contributed by atoms with Gasteiger partial charge in [-0.2, -0.15) is 0 Å². The number of hydrogen-bond acceptors (Lipinski definition) is 5. The van der Waals surface area contributed by atoms with E-state index in [0.717, 1.165) is 10.8 Å². The van der Waals surface area contributed by atoms with Crippen LogP contribution in [0.15, 0.2) is 61.2 Å². The van der Waals surface area contributed by atoms with Crippen LogP contribution in [0.1, 0.15) is 17.4 Å². The van der Waals surface area contributed by atoms with E-state index in [0.29, 0.717) is 29.4 Å². The second-order valence-electron chi connectivity index (χ2n) is 5.44. The smallest absolute Gasteiger partial charge is 0.356 e. The summed E-state index contributed by atoms with van der Waals surface area (Å²) >= 11 is 0. The summed E-state index contributed by atoms with van der Waals surface area (Å²) in [5.74, 6) is 0.949. The van der Waals surface area contributed by atoms with E-state index < -0.39 is 5.97 Å². The summed E-state index contributed by atoms with van der Waals surface area (Å²) in [4.78, 5) is 20.3. The third-order valence-corrected chi connectivity index (χ3v) is 3.82. The Morgan fingerprint density at radius 2 is 1.96 bits per heavy atom. The highest BCUT2D eigenvalue weighted by molar-refractivity contribution is 5.88. The summed E-state index contributed by atoms with van der Waals surface area (Å²) in [5.41, 5.74) is 1.00. The summed E-state index contributed by atoms with van der Waals surface area (Å²) in [6, 6.07) is 11.3. The average Bonchev–Trinajstić information content (AvgIpc) is 3.05. The van der Waals surface area contributed by atoms with Crippen molar-refractivity contribution in [2.24, 2.45) is 0 Å². The first-order valence-electron chi connectivity index (χ1n) is 7.90. The second kappa shape index (κ2) is 6.24. The van der Waals surface area contributed by atoms with Crippen LogP contribution in [0, 0.1) is 0 Å². The van der Waals surface area contributed by atoms with Gasteiger partial charge in [0.25, 0.3) is 0 Å². The highest BCUT2D eigenvalue weighted by Crippen LogP contribution is 2.26. The first-order valence-corrected chi connectivity index (χ1v) is 7.90. The maximum atomic E-state index is 11.9. The van der Waals surface area contributed by atoms with Crippen molar-refractivity contribution in [2.75, 3.05) is 6.61 Å². The van der Waals surface area contributed by atoms with Gasteiger partial charge in [0.05, 0.1) is 12.8 Å². The zero-order valence-corrected chi connectivity index (χ0v) is 13.5. The minimum atomic E-state index is -0.398. The van der Waals surface area contributed by atoms with Gasteiger partial charge in [0.15, 0.2) is 5.69 Å². The molecule has 0 saturated carbocycles. The van der Waals surface area contributed by atoms with Crippen LogP contribution >= 0.6 is 0 Å². The lowest BCUT2D eigenvalue weighted by Gasteiger charge is -2.08. The van der Waals surface area contributed by atoms with Crippen molar-refractivity contribution in [3.8, 4) is 11.5 Å². The number of carbonyl (C=O) groups is 1. The number of ether oxygens (including phenoxy) is 2. The van der Waals surface area contributed by atoms with E-state index >= 15 is 0 Å². The Kier molecular flexibility index (Phi) is 3.78. The minimum absolute atomic E-state index is 0.323. The SMILES string of the molecule is CCOC(=O)c1cnc2cc(Oc3ccc4ccncc4c3)ccn12. The lowest BCUT2D eigenvalue weighted by Crippen LogP contribution is -2.07. The highest BCUT2D eigenvalue weighted by atomic mass is 16.5. The lowest BCUT2D eigenvalue weighted by atomic mass is 10.2. The van der Waals surface area contributed by atoms with Crippen LogP contribution in [0.2, 0.25) is 0 Å². The van der Waals surface area contributed by atoms with Crippen LogP contribution < -0.4 is 4.74 Å². The summed E-state index contributed by atoms with van der Waals surface area (Å²) < 4.78 is 12.6. The topological polar surface area (TPSA) is 65.7 Å². The molecule has 6 nitrogen and oxygen atoms in total. The number of benzene rings is 1. The van der Waals surface area contributed by atoms with Crippen molar-refractivity contribution in [1.82, 2.24) is 14.4 Å². The quantitative estimate of drug-likeness (QED) is 0.531. The molecule has 0 atom stereocenters. The first kappa shape index (κ1) is 15.1. The average molecular weight is 333 g/mol. The van der Waals surface area contributed by atoms with Crippen LogP contribution in [0.3, 0.4) is 0 Å². The van der Waals surface area contributed by atoms with Gasteiger partial charge in [-0.05, 0) is 36.6 Å². The van der Waals surface area contributed by atoms with E-state index in [1.807, 2.05) is 24.3 Å². The van der Waals surface area contributed by atoms with Crippen molar-refractivity contribution in [1.29, 1.82) is 0 Å². The Hall–Kier alpha value is -3.41. The molecule has 3 aromatic heterocycles. The molecule has 0 radical (unpaired) electrons. The van der Waals surface area contributed by atoms with Gasteiger partial charge in [0.2, 0.25) is 0 Å². The molecule has 25 heavy (non-hydrogen) atoms. The standard InChI is InChI=1S/C19H15N3O3/c1-2-24-19(23)17-12-21-18-10-16(6-8-22(17)18)25-15-4-3-13-5-7-20-11-14(13)9-15/h3-12H,2H2,1H3. The maximum Gasteiger partial charge on any atom is 0.356 e. The fraction of sp³-hybridized carbons (Fsp3) is 0.105. The second-order valence-corrected chi connectivity index (χ2v) is 5.44. The van der Waals surface area contributed by atoms with E-state index in [1.165, 1.54) is 6.20 Å². The van der Waals surface area contributed by atoms with E-state index in [9.17, 15) is 4.79 Å². The fourth-order valence-corrected chi connectivity index (χ4v) is 2.64. The van der Waals surface area contributed by atoms with Crippen molar-refractivity contribution in [3.63, 3.8) is 0 Å². The van der Waals surface area contributed by atoms with Crippen LogP contribution in [-0.4, -0.2) is 26.9 Å². The summed E-state index contributed by atoms with van der Waals surface area (Å²) in [5, 5.41) is 2.11. The number of fused-ring (bicyclic) bond motifs is 2. The Labute approximate surface area is 143 Å². The first-order chi connectivity index (χ1) is 12.2. The molecular formula is C19H15N3O3. The van der Waals surface area contributed by atoms with E-state index in [-0.39, 0.29) is 0 Å². The number of nitrogens with zero attached hydrogens (tertiary/aromatic N) is 3. The van der Waals surface area contributed by atoms with Crippen molar-refractivity contribution in [2.45, 2.75) is 6.92 Å². The van der Waals surface area contributed by atoms with Crippen LogP contribution in [0.25, 0.3) is 16.4 Å². The molecule has 124 valence electrons. The Morgan fingerprint density at radius 3 is 2.84 bits per heavy atom. The molecule has 6 heteroatoms. The van der Waals surface area contributed by atoms with Crippen molar-refractivity contribution in [3.05, 3.63) is 66.9 Å². The van der Waals surface area contributed by atoms with Gasteiger partial charge >= 0.3 is 5.97 Å². The molecule has 0 amide bonds. The van der Waals surface area contributed by atoms with Gasteiger partial charge in [-0.15, -0.1) is 0 Å². The fourth-order valence-electron chi connectivity index (χ4n) is 2.64. The molecule has 4 rings (SSSR count). The minimum Gasteiger partial charge on any atom is -0.461 e. The normalized spacial score (nSPS) is 10.9. The van der Waals surface area contributed by atoms with Gasteiger partial charge < -0.3 is 9.47 Å². The van der Waals surface area contributed by atoms with Crippen LogP contribution in [0.5, 0.6) is 11.5 Å². The summed E-state index contributed by atoms with van der Waals surface area (Å²) in [6.07, 6.45) is 6.80. The number of carbonyl (C=O) groups excluding carboxylic acids is 1. The Bertz CT molecular complexity index is 1070. The van der Waals surface area contributed by atoms with Gasteiger partial charge in [-0.25, -0.2) is 9.78 Å². The van der Waals surface area contributed by atoms with Crippen LogP contribution in [0.4, 0.5) is 0 Å². The molecular weight excluding hydrogens is 318 g/mol. The predicted octanol–water partition coefficient (Wildman–Crippen LogP) is 3.85. The molecule has 1 aromatic carbocycles. The van der Waals surface area contributed by atoms with Gasteiger partial charge in [0, 0.05) is 30.0 Å². The molecule has 0 bridgehead atoms. The van der Waals surface area contributed by atoms with E-state index in [2.05, 4.69) is 9.97 Å². The molecule has 0 spiro atoms. The monoisotopic (exact) mass is 333 g/mol. The summed E-state index contributed by atoms with van der Waals surface area (Å²) in [7, 11) is 0. The third-order valence-electron chi connectivity index (χ3n) is 3.82. The molecule has 0 N–H and O–H groups in total. The predicted molar refractivity (Wildman–Crippen MR) is 93.0 cm³/mol.